The number of H-pyrrole nitrogens is 1. The molecule has 2 heterocycles. The summed E-state index contributed by atoms with van der Waals surface area (Å²) in [4.78, 5) is 44.0. The molecule has 4 N–H and O–H groups in total. The first kappa shape index (κ1) is 35.5. The number of carboxylic acids is 1. The molecule has 4 aromatic rings. The Morgan fingerprint density at radius 3 is 2.34 bits per heavy atom. The third-order valence-electron chi connectivity index (χ3n) is 7.95. The average Bonchev–Trinajstić information content (AvgIpc) is 3.46. The van der Waals surface area contributed by atoms with Crippen LogP contribution in [0.5, 0.6) is 0 Å². The first-order valence-electron chi connectivity index (χ1n) is 14.8. The molecule has 0 radical (unpaired) electrons. The lowest BCUT2D eigenvalue weighted by Crippen LogP contribution is -2.54. The van der Waals surface area contributed by atoms with Gasteiger partial charge in [0.25, 0.3) is 5.91 Å². The second kappa shape index (κ2) is 15.0. The number of carboxylic acid groups (broad SMARTS) is 1. The molecule has 4 atom stereocenters. The molecule has 9 nitrogen and oxygen atoms in total. The molecular formula is C34H36ClF3N4O5. The zero-order valence-electron chi connectivity index (χ0n) is 26.0. The van der Waals surface area contributed by atoms with E-state index >= 15 is 0 Å². The zero-order valence-corrected chi connectivity index (χ0v) is 26.7. The van der Waals surface area contributed by atoms with Crippen molar-refractivity contribution in [1.82, 2.24) is 15.2 Å². The number of hydrogen-bond acceptors (Lipinski definition) is 5. The summed E-state index contributed by atoms with van der Waals surface area (Å²) >= 11 is 6.35. The fourth-order valence-electron chi connectivity index (χ4n) is 5.80. The van der Waals surface area contributed by atoms with Crippen LogP contribution in [0.25, 0.3) is 10.9 Å². The number of aromatic nitrogens is 1. The molecule has 0 saturated heterocycles. The van der Waals surface area contributed by atoms with Crippen molar-refractivity contribution in [3.8, 4) is 0 Å². The number of aromatic amines is 1. The predicted octanol–water partition coefficient (Wildman–Crippen LogP) is 5.54. The van der Waals surface area contributed by atoms with E-state index < -0.39 is 30.2 Å². The van der Waals surface area contributed by atoms with E-state index in [0.717, 1.165) is 40.7 Å². The number of nitrogens with one attached hydrogen (secondary N) is 2. The Morgan fingerprint density at radius 1 is 1.06 bits per heavy atom. The number of anilines is 1. The Labute approximate surface area is 274 Å². The number of rotatable bonds is 8. The molecule has 2 unspecified atom stereocenters. The minimum absolute atomic E-state index is 0.194. The van der Waals surface area contributed by atoms with Crippen molar-refractivity contribution in [2.45, 2.75) is 37.6 Å². The first-order valence-corrected chi connectivity index (χ1v) is 15.2. The lowest BCUT2D eigenvalue weighted by atomic mass is 9.88. The van der Waals surface area contributed by atoms with Crippen molar-refractivity contribution in [3.05, 3.63) is 101 Å². The third-order valence-corrected chi connectivity index (χ3v) is 8.19. The number of amides is 2. The number of para-hydroxylation sites is 1. The first-order chi connectivity index (χ1) is 22.2. The van der Waals surface area contributed by atoms with Crippen molar-refractivity contribution < 1.29 is 37.8 Å². The Kier molecular flexibility index (Phi) is 11.3. The second-order valence-corrected chi connectivity index (χ2v) is 12.2. The minimum atomic E-state index is -5.08. The van der Waals surface area contributed by atoms with E-state index in [1.165, 1.54) is 0 Å². The van der Waals surface area contributed by atoms with Gasteiger partial charge in [-0.15, -0.1) is 0 Å². The van der Waals surface area contributed by atoms with Crippen molar-refractivity contribution in [2.24, 2.45) is 5.92 Å². The molecule has 2 amide bonds. The molecule has 13 heteroatoms. The number of fused-ring (bicyclic) bond motifs is 2. The van der Waals surface area contributed by atoms with Crippen LogP contribution in [0.1, 0.15) is 35.6 Å². The van der Waals surface area contributed by atoms with Crippen molar-refractivity contribution in [2.75, 3.05) is 32.1 Å². The van der Waals surface area contributed by atoms with Crippen LogP contribution in [0.15, 0.2) is 79.0 Å². The van der Waals surface area contributed by atoms with E-state index in [4.69, 9.17) is 21.5 Å². The number of nitrogens with zero attached hydrogens (tertiary/aromatic N) is 2. The van der Waals surface area contributed by atoms with Gasteiger partial charge in [-0.05, 0) is 67.4 Å². The highest BCUT2D eigenvalue weighted by molar-refractivity contribution is 6.30. The lowest BCUT2D eigenvalue weighted by molar-refractivity contribution is -0.192. The standard InChI is InChI=1S/C32H35ClN4O3.C2HF3O2/c1-20(26-17-34-27-12-8-7-11-25(26)27)29(35-31(39)30(38)22-9-5-4-6-10-22)32(40)37-19-21(18-36(2)3)15-23-16-24(33)13-14-28(23)37;3-2(4,5)1(6)7/h4-14,16-17,20-21,29-30,34,38H,15,18-19H2,1-3H3,(H,35,39);(H,6,7)/t20?,21-,29?,30+;/m1./s1. The fraction of sp³-hybridized carbons (Fsp3) is 0.324. The number of aliphatic carboxylic acids is 1. The number of carbonyl (C=O) groups is 3. The number of hydrogen-bond donors (Lipinski definition) is 4. The van der Waals surface area contributed by atoms with Gasteiger partial charge in [-0.2, -0.15) is 13.2 Å². The summed E-state index contributed by atoms with van der Waals surface area (Å²) in [6.45, 7) is 3.26. The van der Waals surface area contributed by atoms with Gasteiger partial charge in [0.1, 0.15) is 6.04 Å². The van der Waals surface area contributed by atoms with Crippen molar-refractivity contribution >= 4 is 46.0 Å². The van der Waals surface area contributed by atoms with Gasteiger partial charge in [0.15, 0.2) is 6.10 Å². The van der Waals surface area contributed by atoms with Gasteiger partial charge >= 0.3 is 12.1 Å². The normalized spacial score (nSPS) is 16.4. The Balaban J connectivity index is 0.000000644. The average molecular weight is 673 g/mol. The largest absolute Gasteiger partial charge is 0.490 e. The van der Waals surface area contributed by atoms with Gasteiger partial charge in [-0.1, -0.05) is 67.1 Å². The highest BCUT2D eigenvalue weighted by atomic mass is 35.5. The maximum Gasteiger partial charge on any atom is 0.490 e. The molecule has 47 heavy (non-hydrogen) atoms. The molecule has 0 bridgehead atoms. The summed E-state index contributed by atoms with van der Waals surface area (Å²) in [7, 11) is 4.04. The summed E-state index contributed by atoms with van der Waals surface area (Å²) in [5.74, 6) is -3.79. The number of alkyl halides is 3. The number of benzene rings is 3. The summed E-state index contributed by atoms with van der Waals surface area (Å²) in [5.41, 5.74) is 4.15. The molecule has 0 aliphatic carbocycles. The molecule has 3 aromatic carbocycles. The molecular weight excluding hydrogens is 637 g/mol. The SMILES string of the molecule is CC(c1c[nH]c2ccccc12)C(NC(=O)[C@@H](O)c1ccccc1)C(=O)N1C[C@@H](CN(C)C)Cc2cc(Cl)ccc21.O=C(O)C(F)(F)F. The maximum atomic E-state index is 14.5. The molecule has 1 aromatic heterocycles. The third kappa shape index (κ3) is 8.70. The number of aliphatic hydroxyl groups is 1. The van der Waals surface area contributed by atoms with Gasteiger partial charge in [0.2, 0.25) is 5.91 Å². The van der Waals surface area contributed by atoms with Crippen LogP contribution in [0, 0.1) is 5.92 Å². The highest BCUT2D eigenvalue weighted by Gasteiger charge is 2.39. The second-order valence-electron chi connectivity index (χ2n) is 11.7. The van der Waals surface area contributed by atoms with Crippen LogP contribution in [-0.4, -0.2) is 77.3 Å². The van der Waals surface area contributed by atoms with Gasteiger partial charge in [-0.3, -0.25) is 9.59 Å². The molecule has 0 fully saturated rings. The van der Waals surface area contributed by atoms with Crippen LogP contribution in [-0.2, 0) is 20.8 Å². The van der Waals surface area contributed by atoms with E-state index in [1.54, 1.807) is 35.2 Å². The van der Waals surface area contributed by atoms with E-state index in [1.807, 2.05) is 69.7 Å². The van der Waals surface area contributed by atoms with E-state index in [0.29, 0.717) is 17.1 Å². The van der Waals surface area contributed by atoms with Crippen LogP contribution in [0.4, 0.5) is 18.9 Å². The number of carbonyl (C=O) groups excluding carboxylic acids is 2. The topological polar surface area (TPSA) is 126 Å². The van der Waals surface area contributed by atoms with Gasteiger partial charge in [0.05, 0.1) is 0 Å². The Morgan fingerprint density at radius 2 is 1.70 bits per heavy atom. The van der Waals surface area contributed by atoms with Gasteiger partial charge in [0, 0.05) is 46.8 Å². The van der Waals surface area contributed by atoms with E-state index in [9.17, 15) is 27.9 Å². The summed E-state index contributed by atoms with van der Waals surface area (Å²) in [6, 6.07) is 21.3. The van der Waals surface area contributed by atoms with E-state index in [2.05, 4.69) is 15.2 Å². The van der Waals surface area contributed by atoms with Crippen LogP contribution < -0.4 is 10.2 Å². The summed E-state index contributed by atoms with van der Waals surface area (Å²) in [5, 5.41) is 22.6. The Bertz CT molecular complexity index is 1710. The van der Waals surface area contributed by atoms with Crippen LogP contribution in [0.2, 0.25) is 5.02 Å². The van der Waals surface area contributed by atoms with E-state index in [-0.39, 0.29) is 17.7 Å². The molecule has 1 aliphatic rings. The zero-order chi connectivity index (χ0) is 34.5. The van der Waals surface area contributed by atoms with Crippen molar-refractivity contribution in [1.29, 1.82) is 0 Å². The monoisotopic (exact) mass is 672 g/mol. The highest BCUT2D eigenvalue weighted by Crippen LogP contribution is 2.35. The maximum absolute atomic E-state index is 14.5. The molecule has 1 aliphatic heterocycles. The van der Waals surface area contributed by atoms with Crippen molar-refractivity contribution in [3.63, 3.8) is 0 Å². The Hall–Kier alpha value is -4.39. The van der Waals surface area contributed by atoms with Gasteiger partial charge < -0.3 is 30.3 Å². The van der Waals surface area contributed by atoms with Crippen LogP contribution >= 0.6 is 11.6 Å². The number of aliphatic hydroxyl groups excluding tert-OH is 1. The number of halogens is 4. The summed E-state index contributed by atoms with van der Waals surface area (Å²) in [6.07, 6.45) is -3.78. The predicted molar refractivity (Wildman–Crippen MR) is 173 cm³/mol. The molecule has 0 spiro atoms. The lowest BCUT2D eigenvalue weighted by Gasteiger charge is -2.39. The minimum Gasteiger partial charge on any atom is -0.475 e. The molecule has 250 valence electrons. The quantitative estimate of drug-likeness (QED) is 0.195. The fourth-order valence-corrected chi connectivity index (χ4v) is 5.99. The molecule has 0 saturated carbocycles. The summed E-state index contributed by atoms with van der Waals surface area (Å²) < 4.78 is 31.7. The van der Waals surface area contributed by atoms with Crippen LogP contribution in [0.3, 0.4) is 0 Å². The smallest absolute Gasteiger partial charge is 0.475 e. The van der Waals surface area contributed by atoms with Gasteiger partial charge in [-0.25, -0.2) is 4.79 Å². The molecule has 5 rings (SSSR count).